The second kappa shape index (κ2) is 12.7. The number of aryl methyl sites for hydroxylation is 1. The van der Waals surface area contributed by atoms with Crippen LogP contribution in [0.1, 0.15) is 45.1 Å². The Morgan fingerprint density at radius 3 is 1.83 bits per heavy atom. The van der Waals surface area contributed by atoms with Gasteiger partial charge in [-0.15, -0.1) is 0 Å². The molecule has 162 valence electrons. The highest BCUT2D eigenvalue weighted by Gasteiger charge is 2.28. The molecule has 0 bridgehead atoms. The summed E-state index contributed by atoms with van der Waals surface area (Å²) in [4.78, 5) is 23.9. The molecule has 2 aromatic rings. The van der Waals surface area contributed by atoms with Gasteiger partial charge in [0.05, 0.1) is 19.8 Å². The molecule has 0 radical (unpaired) electrons. The van der Waals surface area contributed by atoms with Crippen molar-refractivity contribution in [1.82, 2.24) is 0 Å². The summed E-state index contributed by atoms with van der Waals surface area (Å²) in [6.07, 6.45) is 2.87. The highest BCUT2D eigenvalue weighted by molar-refractivity contribution is 5.94. The van der Waals surface area contributed by atoms with Gasteiger partial charge in [0.25, 0.3) is 0 Å². The third kappa shape index (κ3) is 7.54. The van der Waals surface area contributed by atoms with E-state index in [1.54, 1.807) is 13.8 Å². The van der Waals surface area contributed by atoms with Crippen LogP contribution in [0.25, 0.3) is 11.1 Å². The van der Waals surface area contributed by atoms with Gasteiger partial charge in [-0.1, -0.05) is 54.8 Å². The average molecular weight is 413 g/mol. The Balaban J connectivity index is 1.72. The first-order valence-corrected chi connectivity index (χ1v) is 10.7. The van der Waals surface area contributed by atoms with E-state index < -0.39 is 17.9 Å². The third-order valence-electron chi connectivity index (χ3n) is 4.79. The molecule has 0 heterocycles. The number of hydrogen-bond donors (Lipinski definition) is 0. The molecule has 0 saturated carbocycles. The minimum Gasteiger partial charge on any atom is -0.494 e. The number of carbonyl (C=O) groups excluding carboxylic acids is 2. The maximum absolute atomic E-state index is 12.0. The van der Waals surface area contributed by atoms with Crippen LogP contribution in [0.3, 0.4) is 0 Å². The molecule has 0 aliphatic heterocycles. The van der Waals surface area contributed by atoms with Crippen LogP contribution in [0.15, 0.2) is 48.5 Å². The summed E-state index contributed by atoms with van der Waals surface area (Å²) in [6, 6.07) is 16.5. The molecule has 5 heteroatoms. The molecule has 0 aliphatic carbocycles. The van der Waals surface area contributed by atoms with E-state index in [0.717, 1.165) is 30.6 Å². The molecule has 0 aromatic heterocycles. The van der Waals surface area contributed by atoms with Crippen LogP contribution in [0.5, 0.6) is 5.75 Å². The van der Waals surface area contributed by atoms with E-state index in [-0.39, 0.29) is 13.2 Å². The van der Waals surface area contributed by atoms with Crippen LogP contribution in [-0.2, 0) is 19.1 Å². The molecule has 0 unspecified atom stereocenters. The van der Waals surface area contributed by atoms with Crippen LogP contribution in [0, 0.1) is 12.8 Å². The fourth-order valence-corrected chi connectivity index (χ4v) is 3.12. The van der Waals surface area contributed by atoms with E-state index in [0.29, 0.717) is 13.0 Å². The lowest BCUT2D eigenvalue weighted by Crippen LogP contribution is -2.28. The van der Waals surface area contributed by atoms with Gasteiger partial charge < -0.3 is 14.2 Å². The number of unbranched alkanes of at least 4 members (excludes halogenated alkanes) is 2. The molecule has 0 atom stereocenters. The molecule has 0 aliphatic rings. The minimum absolute atomic E-state index is 0.255. The van der Waals surface area contributed by atoms with Crippen molar-refractivity contribution in [3.63, 3.8) is 0 Å². The molecule has 2 aromatic carbocycles. The van der Waals surface area contributed by atoms with Gasteiger partial charge in [-0.3, -0.25) is 9.59 Å². The number of esters is 2. The topological polar surface area (TPSA) is 61.8 Å². The summed E-state index contributed by atoms with van der Waals surface area (Å²) in [5.74, 6) is -0.997. The Morgan fingerprint density at radius 1 is 0.767 bits per heavy atom. The second-order valence-electron chi connectivity index (χ2n) is 7.14. The van der Waals surface area contributed by atoms with Crippen molar-refractivity contribution in [2.75, 3.05) is 19.8 Å². The number of hydrogen-bond acceptors (Lipinski definition) is 5. The standard InChI is InChI=1S/C25H32O5/c1-4-28-24(26)23(25(27)29-5-2)9-7-6-8-18-30-22-16-14-21(15-17-22)20-12-10-19(3)11-13-20/h10-17,23H,4-9,18H2,1-3H3. The van der Waals surface area contributed by atoms with Crippen molar-refractivity contribution in [1.29, 1.82) is 0 Å². The predicted octanol–water partition coefficient (Wildman–Crippen LogP) is 5.34. The lowest BCUT2D eigenvalue weighted by molar-refractivity contribution is -0.161. The van der Waals surface area contributed by atoms with Crippen LogP contribution < -0.4 is 4.74 Å². The Morgan fingerprint density at radius 2 is 1.30 bits per heavy atom. The zero-order valence-electron chi connectivity index (χ0n) is 18.2. The summed E-state index contributed by atoms with van der Waals surface area (Å²) < 4.78 is 15.8. The van der Waals surface area contributed by atoms with Crippen LogP contribution in [-0.4, -0.2) is 31.8 Å². The van der Waals surface area contributed by atoms with Gasteiger partial charge in [-0.05, 0) is 56.9 Å². The maximum atomic E-state index is 12.0. The highest BCUT2D eigenvalue weighted by atomic mass is 16.6. The Kier molecular flexibility index (Phi) is 9.92. The van der Waals surface area contributed by atoms with E-state index in [1.807, 2.05) is 12.1 Å². The van der Waals surface area contributed by atoms with E-state index >= 15 is 0 Å². The molecule has 30 heavy (non-hydrogen) atoms. The van der Waals surface area contributed by atoms with Gasteiger partial charge in [0.1, 0.15) is 5.75 Å². The van der Waals surface area contributed by atoms with Gasteiger partial charge >= 0.3 is 11.9 Å². The fraction of sp³-hybridized carbons (Fsp3) is 0.440. The monoisotopic (exact) mass is 412 g/mol. The van der Waals surface area contributed by atoms with Crippen LogP contribution >= 0.6 is 0 Å². The number of rotatable bonds is 12. The van der Waals surface area contributed by atoms with Gasteiger partial charge in [0.15, 0.2) is 5.92 Å². The van der Waals surface area contributed by atoms with Crippen molar-refractivity contribution >= 4 is 11.9 Å². The van der Waals surface area contributed by atoms with Gasteiger partial charge in [-0.25, -0.2) is 0 Å². The first-order valence-electron chi connectivity index (χ1n) is 10.7. The summed E-state index contributed by atoms with van der Waals surface area (Å²) in [5.41, 5.74) is 3.59. The van der Waals surface area contributed by atoms with Crippen LogP contribution in [0.4, 0.5) is 0 Å². The highest BCUT2D eigenvalue weighted by Crippen LogP contribution is 2.23. The van der Waals surface area contributed by atoms with Crippen molar-refractivity contribution in [3.05, 3.63) is 54.1 Å². The molecule has 0 N–H and O–H groups in total. The smallest absolute Gasteiger partial charge is 0.320 e. The largest absolute Gasteiger partial charge is 0.494 e. The Bertz CT molecular complexity index is 762. The molecule has 0 saturated heterocycles. The van der Waals surface area contributed by atoms with Crippen molar-refractivity contribution in [3.8, 4) is 16.9 Å². The predicted molar refractivity (Wildman–Crippen MR) is 117 cm³/mol. The summed E-state index contributed by atoms with van der Waals surface area (Å²) in [6.45, 7) is 6.63. The number of carbonyl (C=O) groups is 2. The van der Waals surface area contributed by atoms with Crippen molar-refractivity contribution in [2.45, 2.75) is 46.5 Å². The van der Waals surface area contributed by atoms with Crippen molar-refractivity contribution in [2.24, 2.45) is 5.92 Å². The minimum atomic E-state index is -0.833. The van der Waals surface area contributed by atoms with E-state index in [9.17, 15) is 9.59 Å². The van der Waals surface area contributed by atoms with E-state index in [2.05, 4.69) is 43.3 Å². The molecular formula is C25H32O5. The lowest BCUT2D eigenvalue weighted by atomic mass is 10.0. The molecule has 0 spiro atoms. The lowest BCUT2D eigenvalue weighted by Gasteiger charge is -2.14. The molecule has 0 fully saturated rings. The Labute approximate surface area is 179 Å². The van der Waals surface area contributed by atoms with Gasteiger partial charge in [0.2, 0.25) is 0 Å². The summed E-state index contributed by atoms with van der Waals surface area (Å²) in [5, 5.41) is 0. The van der Waals surface area contributed by atoms with Gasteiger partial charge in [0, 0.05) is 0 Å². The SMILES string of the molecule is CCOC(=O)C(CCCCCOc1ccc(-c2ccc(C)cc2)cc1)C(=O)OCC. The normalized spacial score (nSPS) is 10.7. The van der Waals surface area contributed by atoms with E-state index in [4.69, 9.17) is 14.2 Å². The van der Waals surface area contributed by atoms with Gasteiger partial charge in [-0.2, -0.15) is 0 Å². The zero-order valence-corrected chi connectivity index (χ0v) is 18.2. The van der Waals surface area contributed by atoms with E-state index in [1.165, 1.54) is 11.1 Å². The molecule has 0 amide bonds. The first kappa shape index (κ1) is 23.5. The van der Waals surface area contributed by atoms with Crippen molar-refractivity contribution < 1.29 is 23.8 Å². The maximum Gasteiger partial charge on any atom is 0.320 e. The quantitative estimate of drug-likeness (QED) is 0.267. The molecular weight excluding hydrogens is 380 g/mol. The average Bonchev–Trinajstić information content (AvgIpc) is 2.74. The molecule has 2 rings (SSSR count). The number of benzene rings is 2. The zero-order chi connectivity index (χ0) is 21.8. The summed E-state index contributed by atoms with van der Waals surface area (Å²) in [7, 11) is 0. The first-order chi connectivity index (χ1) is 14.5. The third-order valence-corrected chi connectivity index (χ3v) is 4.79. The van der Waals surface area contributed by atoms with Crippen LogP contribution in [0.2, 0.25) is 0 Å². The fourth-order valence-electron chi connectivity index (χ4n) is 3.12. The second-order valence-corrected chi connectivity index (χ2v) is 7.14. The number of ether oxygens (including phenoxy) is 3. The summed E-state index contributed by atoms with van der Waals surface area (Å²) >= 11 is 0. The molecule has 5 nitrogen and oxygen atoms in total. The Hall–Kier alpha value is -2.82.